The zero-order valence-corrected chi connectivity index (χ0v) is 13.5. The van der Waals surface area contributed by atoms with Crippen LogP contribution in [0, 0.1) is 11.3 Å². The lowest BCUT2D eigenvalue weighted by Gasteiger charge is -2.09. The topological polar surface area (TPSA) is 87.4 Å². The molecule has 0 saturated carbocycles. The zero-order valence-electron chi connectivity index (χ0n) is 11.9. The molecule has 2 aromatic heterocycles. The molecule has 8 heteroatoms. The van der Waals surface area contributed by atoms with Crippen LogP contribution in [0.25, 0.3) is 16.9 Å². The fraction of sp³-hybridized carbons (Fsp3) is 0.0667. The summed E-state index contributed by atoms with van der Waals surface area (Å²) in [5.74, 6) is 0. The van der Waals surface area contributed by atoms with Crippen LogP contribution in [0.15, 0.2) is 46.9 Å². The first-order valence-electron chi connectivity index (χ1n) is 6.50. The van der Waals surface area contributed by atoms with Crippen molar-refractivity contribution in [3.05, 3.63) is 57.9 Å². The lowest BCUT2D eigenvalue weighted by molar-refractivity contribution is 0.937. The summed E-state index contributed by atoms with van der Waals surface area (Å²) in [6.07, 6.45) is 6.86. The molecule has 0 saturated heterocycles. The summed E-state index contributed by atoms with van der Waals surface area (Å²) in [5, 5.41) is 10.1. The van der Waals surface area contributed by atoms with Crippen LogP contribution < -0.4 is 5.56 Å². The second-order valence-corrected chi connectivity index (χ2v) is 5.75. The van der Waals surface area contributed by atoms with E-state index in [4.69, 9.17) is 11.6 Å². The van der Waals surface area contributed by atoms with Crippen LogP contribution in [0.2, 0.25) is 5.02 Å². The Balaban J connectivity index is 2.17. The van der Waals surface area contributed by atoms with E-state index < -0.39 is 5.56 Å². The smallest absolute Gasteiger partial charge is 0.270 e. The first-order chi connectivity index (χ1) is 11.1. The number of imidazole rings is 1. The highest BCUT2D eigenvalue weighted by molar-refractivity contribution is 7.98. The molecule has 0 spiro atoms. The van der Waals surface area contributed by atoms with Crippen molar-refractivity contribution in [2.75, 3.05) is 6.26 Å². The van der Waals surface area contributed by atoms with Crippen LogP contribution in [0.4, 0.5) is 0 Å². The quantitative estimate of drug-likeness (QED) is 0.583. The summed E-state index contributed by atoms with van der Waals surface area (Å²) >= 11 is 7.62. The van der Waals surface area contributed by atoms with E-state index in [1.54, 1.807) is 47.7 Å². The number of aromatic amines is 1. The Bertz CT molecular complexity index is 959. The lowest BCUT2D eigenvalue weighted by Crippen LogP contribution is -2.14. The number of hydrogen-bond donors (Lipinski definition) is 1. The molecule has 0 aliphatic heterocycles. The van der Waals surface area contributed by atoms with Gasteiger partial charge in [-0.1, -0.05) is 29.4 Å². The molecule has 0 atom stereocenters. The van der Waals surface area contributed by atoms with Crippen molar-refractivity contribution in [2.45, 2.75) is 5.16 Å². The molecule has 3 aromatic rings. The van der Waals surface area contributed by atoms with E-state index in [1.807, 2.05) is 6.07 Å². The van der Waals surface area contributed by atoms with Gasteiger partial charge in [0.1, 0.15) is 11.6 Å². The van der Waals surface area contributed by atoms with Crippen molar-refractivity contribution >= 4 is 23.4 Å². The summed E-state index contributed by atoms with van der Waals surface area (Å²) in [6, 6.07) is 7.15. The van der Waals surface area contributed by atoms with Gasteiger partial charge < -0.3 is 9.55 Å². The van der Waals surface area contributed by atoms with Gasteiger partial charge in [-0.05, 0) is 18.4 Å². The molecule has 0 bridgehead atoms. The molecule has 1 aromatic carbocycles. The Morgan fingerprint density at radius 1 is 1.43 bits per heavy atom. The number of rotatable bonds is 3. The molecular weight excluding hydrogens is 334 g/mol. The van der Waals surface area contributed by atoms with Gasteiger partial charge in [-0.15, -0.1) is 0 Å². The third-order valence-electron chi connectivity index (χ3n) is 3.21. The molecule has 0 aliphatic rings. The lowest BCUT2D eigenvalue weighted by atomic mass is 10.1. The number of nitriles is 1. The number of nitrogens with zero attached hydrogens (tertiary/aromatic N) is 4. The third-order valence-corrected chi connectivity index (χ3v) is 4.09. The predicted molar refractivity (Wildman–Crippen MR) is 88.9 cm³/mol. The number of aromatic nitrogens is 4. The number of nitrogens with one attached hydrogen (secondary N) is 1. The van der Waals surface area contributed by atoms with Gasteiger partial charge in [0.15, 0.2) is 5.16 Å². The normalized spacial score (nSPS) is 10.5. The minimum Gasteiger partial charge on any atom is -0.305 e. The van der Waals surface area contributed by atoms with Crippen LogP contribution in [-0.2, 0) is 0 Å². The Kier molecular flexibility index (Phi) is 4.19. The minimum absolute atomic E-state index is 0.0331. The molecule has 114 valence electrons. The molecule has 0 aliphatic carbocycles. The summed E-state index contributed by atoms with van der Waals surface area (Å²) in [5.41, 5.74) is 1.18. The van der Waals surface area contributed by atoms with Crippen molar-refractivity contribution < 1.29 is 0 Å². The van der Waals surface area contributed by atoms with Gasteiger partial charge in [0, 0.05) is 18.0 Å². The maximum atomic E-state index is 12.0. The highest BCUT2D eigenvalue weighted by atomic mass is 35.5. The number of halogens is 1. The molecule has 6 nitrogen and oxygen atoms in total. The standard InChI is InChI=1S/C15H10ClN5OS/c1-23-15-19-13(10(7-17)14(22)20-15)9-2-3-12(11(16)6-9)21-5-4-18-8-21/h2-6,8H,1H3,(H,19,20,22). The van der Waals surface area contributed by atoms with E-state index in [-0.39, 0.29) is 5.56 Å². The van der Waals surface area contributed by atoms with Crippen molar-refractivity contribution in [1.82, 2.24) is 19.5 Å². The van der Waals surface area contributed by atoms with E-state index in [0.29, 0.717) is 21.4 Å². The van der Waals surface area contributed by atoms with Crippen LogP contribution in [-0.4, -0.2) is 25.8 Å². The number of hydrogen-bond acceptors (Lipinski definition) is 5. The second kappa shape index (κ2) is 6.28. The number of H-pyrrole nitrogens is 1. The van der Waals surface area contributed by atoms with Crippen molar-refractivity contribution in [3.8, 4) is 23.0 Å². The van der Waals surface area contributed by atoms with Crippen LogP contribution in [0.3, 0.4) is 0 Å². The van der Waals surface area contributed by atoms with Crippen LogP contribution >= 0.6 is 23.4 Å². The van der Waals surface area contributed by atoms with E-state index in [9.17, 15) is 10.1 Å². The Hall–Kier alpha value is -2.56. The summed E-state index contributed by atoms with van der Waals surface area (Å²) in [4.78, 5) is 22.9. The fourth-order valence-corrected chi connectivity index (χ4v) is 2.78. The average molecular weight is 344 g/mol. The fourth-order valence-electron chi connectivity index (χ4n) is 2.13. The Morgan fingerprint density at radius 3 is 2.87 bits per heavy atom. The van der Waals surface area contributed by atoms with Gasteiger partial charge in [0.25, 0.3) is 5.56 Å². The van der Waals surface area contributed by atoms with Gasteiger partial charge in [-0.25, -0.2) is 9.97 Å². The minimum atomic E-state index is -0.461. The first-order valence-corrected chi connectivity index (χ1v) is 8.11. The van der Waals surface area contributed by atoms with E-state index in [1.165, 1.54) is 11.8 Å². The summed E-state index contributed by atoms with van der Waals surface area (Å²) < 4.78 is 1.77. The Labute approximate surface area is 140 Å². The first kappa shape index (κ1) is 15.3. The van der Waals surface area contributed by atoms with Gasteiger partial charge in [0.2, 0.25) is 0 Å². The van der Waals surface area contributed by atoms with Crippen molar-refractivity contribution in [2.24, 2.45) is 0 Å². The summed E-state index contributed by atoms with van der Waals surface area (Å²) in [6.45, 7) is 0. The molecule has 0 amide bonds. The second-order valence-electron chi connectivity index (χ2n) is 4.55. The highest BCUT2D eigenvalue weighted by Crippen LogP contribution is 2.28. The van der Waals surface area contributed by atoms with Crippen LogP contribution in [0.1, 0.15) is 5.56 Å². The van der Waals surface area contributed by atoms with E-state index in [0.717, 1.165) is 5.69 Å². The molecule has 0 unspecified atom stereocenters. The molecule has 23 heavy (non-hydrogen) atoms. The molecule has 1 N–H and O–H groups in total. The van der Waals surface area contributed by atoms with Crippen molar-refractivity contribution in [1.29, 1.82) is 5.26 Å². The van der Waals surface area contributed by atoms with E-state index in [2.05, 4.69) is 15.0 Å². The SMILES string of the molecule is CSc1nc(-c2ccc(-n3ccnc3)c(Cl)c2)c(C#N)c(=O)[nH]1. The third kappa shape index (κ3) is 2.86. The number of thioether (sulfide) groups is 1. The molecule has 2 heterocycles. The van der Waals surface area contributed by atoms with Crippen LogP contribution in [0.5, 0.6) is 0 Å². The number of benzene rings is 1. The predicted octanol–water partition coefficient (Wildman–Crippen LogP) is 2.87. The maximum absolute atomic E-state index is 12.0. The molecule has 3 rings (SSSR count). The largest absolute Gasteiger partial charge is 0.305 e. The van der Waals surface area contributed by atoms with E-state index >= 15 is 0 Å². The maximum Gasteiger partial charge on any atom is 0.270 e. The van der Waals surface area contributed by atoms with Gasteiger partial charge in [-0.2, -0.15) is 5.26 Å². The monoisotopic (exact) mass is 343 g/mol. The van der Waals surface area contributed by atoms with Gasteiger partial charge in [0.05, 0.1) is 22.7 Å². The summed E-state index contributed by atoms with van der Waals surface area (Å²) in [7, 11) is 0. The van der Waals surface area contributed by atoms with Gasteiger partial charge in [-0.3, -0.25) is 4.79 Å². The molecular formula is C15H10ClN5OS. The van der Waals surface area contributed by atoms with Gasteiger partial charge >= 0.3 is 0 Å². The van der Waals surface area contributed by atoms with Crippen molar-refractivity contribution in [3.63, 3.8) is 0 Å². The molecule has 0 fully saturated rings. The average Bonchev–Trinajstić information content (AvgIpc) is 3.08. The zero-order chi connectivity index (χ0) is 16.4. The Morgan fingerprint density at radius 2 is 2.26 bits per heavy atom. The molecule has 0 radical (unpaired) electrons. The highest BCUT2D eigenvalue weighted by Gasteiger charge is 2.14.